The summed E-state index contributed by atoms with van der Waals surface area (Å²) in [6.45, 7) is 7.47. The molecule has 0 bridgehead atoms. The molecule has 25 heavy (non-hydrogen) atoms. The van der Waals surface area contributed by atoms with Gasteiger partial charge in [0.25, 0.3) is 0 Å². The molecule has 136 valence electrons. The maximum atomic E-state index is 12.5. The van der Waals surface area contributed by atoms with E-state index in [-0.39, 0.29) is 17.9 Å². The van der Waals surface area contributed by atoms with E-state index in [9.17, 15) is 9.59 Å². The van der Waals surface area contributed by atoms with E-state index in [2.05, 4.69) is 27.5 Å². The number of amides is 2. The van der Waals surface area contributed by atoms with Crippen molar-refractivity contribution < 1.29 is 9.59 Å². The van der Waals surface area contributed by atoms with Crippen molar-refractivity contribution in [1.82, 2.24) is 10.2 Å². The molecule has 1 heterocycles. The molecule has 2 aliphatic rings. The van der Waals surface area contributed by atoms with Gasteiger partial charge in [-0.15, -0.1) is 0 Å². The van der Waals surface area contributed by atoms with Crippen LogP contribution in [-0.2, 0) is 9.59 Å². The zero-order valence-electron chi connectivity index (χ0n) is 15.3. The van der Waals surface area contributed by atoms with Crippen molar-refractivity contribution in [3.05, 3.63) is 24.3 Å². The number of piperazine rings is 1. The van der Waals surface area contributed by atoms with Crippen molar-refractivity contribution in [2.24, 2.45) is 5.41 Å². The molecule has 1 saturated carbocycles. The Labute approximate surface area is 149 Å². The standard InChI is InChI=1S/C19H28N4O2/c1-19(2,17(24)20-14-4-5-14)18(25)21-15-6-8-16(9-7-15)23-12-10-22(3)11-13-23/h6-9,14H,4-5,10-13H2,1-3H3,(H,20,24)(H,21,25). The Balaban J connectivity index is 1.58. The van der Waals surface area contributed by atoms with Crippen LogP contribution in [0, 0.1) is 5.41 Å². The van der Waals surface area contributed by atoms with Gasteiger partial charge in [0.2, 0.25) is 11.8 Å². The van der Waals surface area contributed by atoms with Crippen molar-refractivity contribution in [1.29, 1.82) is 0 Å². The normalized spacial score (nSPS) is 18.8. The summed E-state index contributed by atoms with van der Waals surface area (Å²) < 4.78 is 0. The summed E-state index contributed by atoms with van der Waals surface area (Å²) in [5.41, 5.74) is 0.797. The first-order chi connectivity index (χ1) is 11.9. The SMILES string of the molecule is CN1CCN(c2ccc(NC(=O)C(C)(C)C(=O)NC3CC3)cc2)CC1. The van der Waals surface area contributed by atoms with E-state index < -0.39 is 5.41 Å². The van der Waals surface area contributed by atoms with Crippen LogP contribution in [0.5, 0.6) is 0 Å². The quantitative estimate of drug-likeness (QED) is 0.798. The van der Waals surface area contributed by atoms with E-state index >= 15 is 0 Å². The zero-order valence-corrected chi connectivity index (χ0v) is 15.3. The number of anilines is 2. The highest BCUT2D eigenvalue weighted by atomic mass is 16.2. The van der Waals surface area contributed by atoms with Crippen LogP contribution in [0.15, 0.2) is 24.3 Å². The minimum absolute atomic E-state index is 0.207. The number of carbonyl (C=O) groups is 2. The molecule has 2 amide bonds. The fourth-order valence-corrected chi connectivity index (χ4v) is 2.80. The number of nitrogens with one attached hydrogen (secondary N) is 2. The topological polar surface area (TPSA) is 64.7 Å². The van der Waals surface area contributed by atoms with Crippen molar-refractivity contribution >= 4 is 23.2 Å². The largest absolute Gasteiger partial charge is 0.369 e. The number of rotatable bonds is 5. The van der Waals surface area contributed by atoms with Crippen LogP contribution in [0.3, 0.4) is 0 Å². The third kappa shape index (κ3) is 4.31. The van der Waals surface area contributed by atoms with Gasteiger partial charge in [-0.05, 0) is 58.0 Å². The van der Waals surface area contributed by atoms with Crippen LogP contribution in [0.4, 0.5) is 11.4 Å². The number of carbonyl (C=O) groups excluding carboxylic acids is 2. The molecular weight excluding hydrogens is 316 g/mol. The lowest BCUT2D eigenvalue weighted by Crippen LogP contribution is -2.45. The molecule has 2 fully saturated rings. The molecule has 0 spiro atoms. The summed E-state index contributed by atoms with van der Waals surface area (Å²) in [5, 5.41) is 5.77. The van der Waals surface area contributed by atoms with E-state index in [0.717, 1.165) is 50.4 Å². The molecule has 0 radical (unpaired) electrons. The maximum Gasteiger partial charge on any atom is 0.239 e. The predicted molar refractivity (Wildman–Crippen MR) is 99.7 cm³/mol. The van der Waals surface area contributed by atoms with Gasteiger partial charge in [0.05, 0.1) is 0 Å². The lowest BCUT2D eigenvalue weighted by atomic mass is 9.91. The molecule has 1 saturated heterocycles. The van der Waals surface area contributed by atoms with E-state index in [1.165, 1.54) is 0 Å². The van der Waals surface area contributed by atoms with Gasteiger partial charge in [-0.2, -0.15) is 0 Å². The first-order valence-electron chi connectivity index (χ1n) is 9.02. The highest BCUT2D eigenvalue weighted by Gasteiger charge is 2.38. The highest BCUT2D eigenvalue weighted by Crippen LogP contribution is 2.25. The first kappa shape index (κ1) is 17.7. The molecule has 0 aromatic heterocycles. The second-order valence-electron chi connectivity index (χ2n) is 7.66. The molecule has 1 aromatic rings. The Kier molecular flexibility index (Phi) is 4.99. The van der Waals surface area contributed by atoms with Gasteiger partial charge in [-0.1, -0.05) is 0 Å². The molecule has 1 aliphatic carbocycles. The Morgan fingerprint density at radius 3 is 2.16 bits per heavy atom. The van der Waals surface area contributed by atoms with Gasteiger partial charge in [0, 0.05) is 43.6 Å². The summed E-state index contributed by atoms with van der Waals surface area (Å²) in [6, 6.07) is 8.11. The predicted octanol–water partition coefficient (Wildman–Crippen LogP) is 1.68. The Morgan fingerprint density at radius 2 is 1.60 bits per heavy atom. The molecule has 1 aliphatic heterocycles. The van der Waals surface area contributed by atoms with E-state index in [0.29, 0.717) is 0 Å². The fraction of sp³-hybridized carbons (Fsp3) is 0.579. The van der Waals surface area contributed by atoms with Crippen LogP contribution < -0.4 is 15.5 Å². The lowest BCUT2D eigenvalue weighted by Gasteiger charge is -2.34. The van der Waals surface area contributed by atoms with Gasteiger partial charge in [-0.3, -0.25) is 9.59 Å². The summed E-state index contributed by atoms with van der Waals surface area (Å²) in [4.78, 5) is 29.4. The van der Waals surface area contributed by atoms with Gasteiger partial charge in [-0.25, -0.2) is 0 Å². The molecule has 2 N–H and O–H groups in total. The van der Waals surface area contributed by atoms with Crippen molar-refractivity contribution in [3.8, 4) is 0 Å². The number of nitrogens with zero attached hydrogens (tertiary/aromatic N) is 2. The maximum absolute atomic E-state index is 12.5. The van der Waals surface area contributed by atoms with Crippen LogP contribution >= 0.6 is 0 Å². The Hall–Kier alpha value is -2.08. The number of benzene rings is 1. The third-order valence-corrected chi connectivity index (χ3v) is 5.04. The van der Waals surface area contributed by atoms with Crippen molar-refractivity contribution in [2.45, 2.75) is 32.7 Å². The van der Waals surface area contributed by atoms with Crippen molar-refractivity contribution in [3.63, 3.8) is 0 Å². The second kappa shape index (κ2) is 7.04. The van der Waals surface area contributed by atoms with Crippen LogP contribution in [-0.4, -0.2) is 56.0 Å². The van der Waals surface area contributed by atoms with Crippen molar-refractivity contribution in [2.75, 3.05) is 43.4 Å². The van der Waals surface area contributed by atoms with Gasteiger partial charge in [0.15, 0.2) is 0 Å². The molecule has 1 aromatic carbocycles. The Bertz CT molecular complexity index is 629. The summed E-state index contributed by atoms with van der Waals surface area (Å²) in [7, 11) is 2.14. The zero-order chi connectivity index (χ0) is 18.0. The summed E-state index contributed by atoms with van der Waals surface area (Å²) >= 11 is 0. The van der Waals surface area contributed by atoms with Crippen LogP contribution in [0.25, 0.3) is 0 Å². The Morgan fingerprint density at radius 1 is 1.00 bits per heavy atom. The summed E-state index contributed by atoms with van der Waals surface area (Å²) in [5.74, 6) is -0.487. The molecule has 6 heteroatoms. The monoisotopic (exact) mass is 344 g/mol. The fourth-order valence-electron chi connectivity index (χ4n) is 2.80. The molecule has 0 atom stereocenters. The lowest BCUT2D eigenvalue weighted by molar-refractivity contribution is -0.138. The van der Waals surface area contributed by atoms with E-state index in [1.807, 2.05) is 24.3 Å². The smallest absolute Gasteiger partial charge is 0.239 e. The number of hydrogen-bond acceptors (Lipinski definition) is 4. The number of likely N-dealkylation sites (N-methyl/N-ethyl adjacent to an activating group) is 1. The summed E-state index contributed by atoms with van der Waals surface area (Å²) in [6.07, 6.45) is 2.02. The highest BCUT2D eigenvalue weighted by molar-refractivity contribution is 6.10. The third-order valence-electron chi connectivity index (χ3n) is 5.04. The average molecular weight is 344 g/mol. The number of hydrogen-bond donors (Lipinski definition) is 2. The van der Waals surface area contributed by atoms with Gasteiger partial charge >= 0.3 is 0 Å². The molecule has 3 rings (SSSR count). The molecule has 6 nitrogen and oxygen atoms in total. The van der Waals surface area contributed by atoms with Crippen LogP contribution in [0.2, 0.25) is 0 Å². The van der Waals surface area contributed by atoms with Gasteiger partial charge < -0.3 is 20.4 Å². The minimum Gasteiger partial charge on any atom is -0.369 e. The van der Waals surface area contributed by atoms with Gasteiger partial charge in [0.1, 0.15) is 5.41 Å². The molecule has 0 unspecified atom stereocenters. The average Bonchev–Trinajstić information content (AvgIpc) is 3.40. The minimum atomic E-state index is -1.08. The second-order valence-corrected chi connectivity index (χ2v) is 7.66. The van der Waals surface area contributed by atoms with E-state index in [1.54, 1.807) is 13.8 Å². The molecular formula is C19H28N4O2. The first-order valence-corrected chi connectivity index (χ1v) is 9.02. The van der Waals surface area contributed by atoms with Crippen LogP contribution in [0.1, 0.15) is 26.7 Å². The van der Waals surface area contributed by atoms with E-state index in [4.69, 9.17) is 0 Å².